The summed E-state index contributed by atoms with van der Waals surface area (Å²) in [4.78, 5) is 12.2. The molecular weight excluding hydrogens is 477 g/mol. The van der Waals surface area contributed by atoms with Gasteiger partial charge in [0, 0.05) is 13.1 Å². The number of ether oxygens (including phenoxy) is 3. The second kappa shape index (κ2) is 10.2. The highest BCUT2D eigenvalue weighted by atomic mass is 35.5. The van der Waals surface area contributed by atoms with Crippen molar-refractivity contribution < 1.29 is 27.4 Å². The third-order valence-electron chi connectivity index (χ3n) is 4.24. The Hall–Kier alpha value is -1.55. The van der Waals surface area contributed by atoms with Crippen molar-refractivity contribution in [1.29, 1.82) is 0 Å². The van der Waals surface area contributed by atoms with Crippen LogP contribution in [0.25, 0.3) is 0 Å². The van der Waals surface area contributed by atoms with E-state index in [0.29, 0.717) is 29.0 Å². The van der Waals surface area contributed by atoms with E-state index in [-0.39, 0.29) is 41.8 Å². The fraction of sp³-hybridized carbons (Fsp3) is 0.316. The number of carbonyl (C=O) groups excluding carboxylic acids is 1. The molecule has 0 spiro atoms. The van der Waals surface area contributed by atoms with E-state index in [1.807, 2.05) is 0 Å². The Kier molecular flexibility index (Phi) is 7.84. The molecule has 0 aliphatic carbocycles. The number of nitrogens with zero attached hydrogens (tertiary/aromatic N) is 1. The van der Waals surface area contributed by atoms with Gasteiger partial charge in [-0.15, -0.1) is 0 Å². The van der Waals surface area contributed by atoms with Crippen molar-refractivity contribution >= 4 is 50.8 Å². The second-order valence-corrected chi connectivity index (χ2v) is 9.32. The van der Waals surface area contributed by atoms with Gasteiger partial charge in [-0.25, -0.2) is 13.2 Å². The summed E-state index contributed by atoms with van der Waals surface area (Å²) in [6, 6.07) is 8.89. The third-order valence-corrected chi connectivity index (χ3v) is 7.21. The number of para-hydroxylation sites is 1. The number of benzene rings is 2. The molecular formula is C19H18Cl3NO6S. The molecule has 162 valence electrons. The van der Waals surface area contributed by atoms with Gasteiger partial charge in [0.1, 0.15) is 18.1 Å². The zero-order valence-corrected chi connectivity index (χ0v) is 18.7. The normalized spacial score (nSPS) is 15.0. The van der Waals surface area contributed by atoms with Crippen LogP contribution in [0.1, 0.15) is 10.4 Å². The Morgan fingerprint density at radius 2 is 1.67 bits per heavy atom. The molecule has 0 atom stereocenters. The van der Waals surface area contributed by atoms with Crippen LogP contribution in [0.15, 0.2) is 41.3 Å². The van der Waals surface area contributed by atoms with E-state index in [2.05, 4.69) is 0 Å². The van der Waals surface area contributed by atoms with Crippen LogP contribution < -0.4 is 4.74 Å². The molecule has 1 saturated heterocycles. The molecule has 3 rings (SSSR count). The Balaban J connectivity index is 1.64. The lowest BCUT2D eigenvalue weighted by Crippen LogP contribution is -2.40. The van der Waals surface area contributed by atoms with E-state index in [1.165, 1.54) is 22.5 Å². The van der Waals surface area contributed by atoms with Crippen LogP contribution in [-0.2, 0) is 19.5 Å². The molecule has 0 unspecified atom stereocenters. The fourth-order valence-corrected chi connectivity index (χ4v) is 5.15. The average molecular weight is 495 g/mol. The van der Waals surface area contributed by atoms with Crippen molar-refractivity contribution in [3.8, 4) is 5.75 Å². The largest absolute Gasteiger partial charge is 0.487 e. The van der Waals surface area contributed by atoms with Gasteiger partial charge in [0.05, 0.1) is 33.8 Å². The number of carbonyl (C=O) groups is 1. The van der Waals surface area contributed by atoms with Crippen molar-refractivity contribution in [1.82, 2.24) is 4.31 Å². The second-order valence-electron chi connectivity index (χ2n) is 6.20. The summed E-state index contributed by atoms with van der Waals surface area (Å²) in [5, 5.41) is 0.698. The standard InChI is InChI=1S/C19H18Cl3NO6S/c20-14-5-4-13(12-17(14)30(25,26)23-6-8-27-9-7-23)19(24)29-11-10-28-18-15(21)2-1-3-16(18)22/h1-5,12H,6-11H2. The maximum atomic E-state index is 12.9. The number of hydrogen-bond donors (Lipinski definition) is 0. The lowest BCUT2D eigenvalue weighted by atomic mass is 10.2. The molecule has 11 heteroatoms. The fourth-order valence-electron chi connectivity index (χ4n) is 2.74. The van der Waals surface area contributed by atoms with E-state index in [1.54, 1.807) is 18.2 Å². The van der Waals surface area contributed by atoms with Gasteiger partial charge in [-0.05, 0) is 30.3 Å². The smallest absolute Gasteiger partial charge is 0.338 e. The number of halogens is 3. The monoisotopic (exact) mass is 493 g/mol. The van der Waals surface area contributed by atoms with E-state index >= 15 is 0 Å². The third kappa shape index (κ3) is 5.38. The Morgan fingerprint density at radius 3 is 2.33 bits per heavy atom. The first-order valence-corrected chi connectivity index (χ1v) is 11.5. The van der Waals surface area contributed by atoms with Crippen molar-refractivity contribution in [3.05, 3.63) is 57.0 Å². The Morgan fingerprint density at radius 1 is 1.00 bits per heavy atom. The molecule has 30 heavy (non-hydrogen) atoms. The zero-order valence-electron chi connectivity index (χ0n) is 15.6. The lowest BCUT2D eigenvalue weighted by molar-refractivity contribution is 0.0450. The maximum absolute atomic E-state index is 12.9. The van der Waals surface area contributed by atoms with Gasteiger partial charge in [-0.2, -0.15) is 4.31 Å². The van der Waals surface area contributed by atoms with Crippen molar-refractivity contribution in [2.24, 2.45) is 0 Å². The van der Waals surface area contributed by atoms with Crippen LogP contribution in [-0.4, -0.2) is 58.2 Å². The van der Waals surface area contributed by atoms with Crippen LogP contribution in [0.3, 0.4) is 0 Å². The molecule has 1 fully saturated rings. The Labute approximate surface area is 189 Å². The first-order chi connectivity index (χ1) is 14.3. The molecule has 0 aromatic heterocycles. The SMILES string of the molecule is O=C(OCCOc1c(Cl)cccc1Cl)c1ccc(Cl)c(S(=O)(=O)N2CCOCC2)c1. The van der Waals surface area contributed by atoms with Gasteiger partial charge in [0.2, 0.25) is 10.0 Å². The zero-order chi connectivity index (χ0) is 21.7. The minimum atomic E-state index is -3.86. The molecule has 2 aromatic rings. The molecule has 1 aliphatic heterocycles. The molecule has 0 N–H and O–H groups in total. The highest BCUT2D eigenvalue weighted by molar-refractivity contribution is 7.89. The number of rotatable bonds is 7. The summed E-state index contributed by atoms with van der Waals surface area (Å²) in [5.74, 6) is -0.416. The predicted octanol–water partition coefficient (Wildman–Crippen LogP) is 3.90. The van der Waals surface area contributed by atoms with Gasteiger partial charge in [0.15, 0.2) is 5.75 Å². The molecule has 0 saturated carbocycles. The highest BCUT2D eigenvalue weighted by Crippen LogP contribution is 2.32. The van der Waals surface area contributed by atoms with Gasteiger partial charge < -0.3 is 14.2 Å². The average Bonchev–Trinajstić information content (AvgIpc) is 2.73. The highest BCUT2D eigenvalue weighted by Gasteiger charge is 2.29. The maximum Gasteiger partial charge on any atom is 0.338 e. The number of morpholine rings is 1. The molecule has 0 amide bonds. The van der Waals surface area contributed by atoms with Gasteiger partial charge in [-0.3, -0.25) is 0 Å². The van der Waals surface area contributed by atoms with Crippen LogP contribution in [0.4, 0.5) is 0 Å². The summed E-state index contributed by atoms with van der Waals surface area (Å²) < 4.78 is 42.8. The molecule has 2 aromatic carbocycles. The molecule has 0 bridgehead atoms. The predicted molar refractivity (Wildman–Crippen MR) is 113 cm³/mol. The first kappa shape index (κ1) is 23.1. The van der Waals surface area contributed by atoms with Crippen molar-refractivity contribution in [2.45, 2.75) is 4.90 Å². The summed E-state index contributed by atoms with van der Waals surface area (Å²) in [5.41, 5.74) is 0.0574. The van der Waals surface area contributed by atoms with E-state index in [9.17, 15) is 13.2 Å². The van der Waals surface area contributed by atoms with Crippen molar-refractivity contribution in [2.75, 3.05) is 39.5 Å². The number of sulfonamides is 1. The number of hydrogen-bond acceptors (Lipinski definition) is 6. The minimum absolute atomic E-state index is 0.0156. The molecule has 0 radical (unpaired) electrons. The van der Waals surface area contributed by atoms with E-state index in [4.69, 9.17) is 49.0 Å². The topological polar surface area (TPSA) is 82.1 Å². The summed E-state index contributed by atoms with van der Waals surface area (Å²) in [6.45, 7) is 0.961. The number of esters is 1. The van der Waals surface area contributed by atoms with Crippen molar-refractivity contribution in [3.63, 3.8) is 0 Å². The summed E-state index contributed by atoms with van der Waals surface area (Å²) in [7, 11) is -3.86. The summed E-state index contributed by atoms with van der Waals surface area (Å²) in [6.07, 6.45) is 0. The van der Waals surface area contributed by atoms with Gasteiger partial charge >= 0.3 is 5.97 Å². The molecule has 7 nitrogen and oxygen atoms in total. The molecule has 1 heterocycles. The quantitative estimate of drug-likeness (QED) is 0.429. The van der Waals surface area contributed by atoms with Gasteiger partial charge in [0.25, 0.3) is 0 Å². The van der Waals surface area contributed by atoms with E-state index in [0.717, 1.165) is 0 Å². The van der Waals surface area contributed by atoms with Gasteiger partial charge in [-0.1, -0.05) is 40.9 Å². The van der Waals surface area contributed by atoms with Crippen LogP contribution in [0, 0.1) is 0 Å². The first-order valence-electron chi connectivity index (χ1n) is 8.92. The summed E-state index contributed by atoms with van der Waals surface area (Å²) >= 11 is 18.1. The van der Waals surface area contributed by atoms with Crippen LogP contribution >= 0.6 is 34.8 Å². The lowest BCUT2D eigenvalue weighted by Gasteiger charge is -2.26. The molecule has 1 aliphatic rings. The van der Waals surface area contributed by atoms with E-state index < -0.39 is 16.0 Å². The van der Waals surface area contributed by atoms with Crippen LogP contribution in [0.5, 0.6) is 5.75 Å². The van der Waals surface area contributed by atoms with Crippen LogP contribution in [0.2, 0.25) is 15.1 Å². The minimum Gasteiger partial charge on any atom is -0.487 e. The Bertz CT molecular complexity index is 1000.